The van der Waals surface area contributed by atoms with Crippen LogP contribution in [0.2, 0.25) is 0 Å². The first-order valence-corrected chi connectivity index (χ1v) is 5.55. The second kappa shape index (κ2) is 6.58. The molecule has 4 nitrogen and oxygen atoms in total. The standard InChI is InChI=1S/C11H22N4/c1-10(2)6-12-4-5-15(3)8-11-7-13-9-14-11/h7,9-10,12H,4-6,8H2,1-3H3,(H,13,14). The molecule has 0 fully saturated rings. The molecule has 0 aliphatic heterocycles. The van der Waals surface area contributed by atoms with Crippen LogP contribution in [-0.4, -0.2) is 41.5 Å². The summed E-state index contributed by atoms with van der Waals surface area (Å²) in [6, 6.07) is 0. The maximum absolute atomic E-state index is 4.00. The zero-order valence-corrected chi connectivity index (χ0v) is 9.95. The molecule has 86 valence electrons. The van der Waals surface area contributed by atoms with Gasteiger partial charge in [-0.05, 0) is 19.5 Å². The third kappa shape index (κ3) is 5.54. The van der Waals surface area contributed by atoms with Gasteiger partial charge >= 0.3 is 0 Å². The van der Waals surface area contributed by atoms with Crippen LogP contribution >= 0.6 is 0 Å². The molecular weight excluding hydrogens is 188 g/mol. The van der Waals surface area contributed by atoms with Crippen LogP contribution in [0.1, 0.15) is 19.5 Å². The average molecular weight is 210 g/mol. The molecule has 1 aromatic heterocycles. The van der Waals surface area contributed by atoms with Crippen LogP contribution in [0.15, 0.2) is 12.5 Å². The van der Waals surface area contributed by atoms with E-state index in [4.69, 9.17) is 0 Å². The van der Waals surface area contributed by atoms with Crippen molar-refractivity contribution in [3.05, 3.63) is 18.2 Å². The molecule has 0 radical (unpaired) electrons. The first-order valence-electron chi connectivity index (χ1n) is 5.55. The van der Waals surface area contributed by atoms with E-state index < -0.39 is 0 Å². The van der Waals surface area contributed by atoms with Crippen LogP contribution in [0, 0.1) is 5.92 Å². The summed E-state index contributed by atoms with van der Waals surface area (Å²) in [7, 11) is 2.12. The molecule has 0 aliphatic carbocycles. The van der Waals surface area contributed by atoms with Crippen molar-refractivity contribution in [2.75, 3.05) is 26.7 Å². The van der Waals surface area contributed by atoms with Crippen molar-refractivity contribution < 1.29 is 0 Å². The molecular formula is C11H22N4. The number of hydrogen-bond donors (Lipinski definition) is 2. The largest absolute Gasteiger partial charge is 0.347 e. The Labute approximate surface area is 92.1 Å². The number of hydrogen-bond acceptors (Lipinski definition) is 3. The highest BCUT2D eigenvalue weighted by Crippen LogP contribution is 1.96. The van der Waals surface area contributed by atoms with Gasteiger partial charge in [0.1, 0.15) is 0 Å². The minimum absolute atomic E-state index is 0.725. The number of likely N-dealkylation sites (N-methyl/N-ethyl adjacent to an activating group) is 1. The van der Waals surface area contributed by atoms with Crippen molar-refractivity contribution in [3.63, 3.8) is 0 Å². The van der Waals surface area contributed by atoms with Crippen molar-refractivity contribution in [3.8, 4) is 0 Å². The summed E-state index contributed by atoms with van der Waals surface area (Å²) >= 11 is 0. The monoisotopic (exact) mass is 210 g/mol. The molecule has 0 unspecified atom stereocenters. The van der Waals surface area contributed by atoms with Gasteiger partial charge < -0.3 is 10.3 Å². The third-order valence-electron chi connectivity index (χ3n) is 2.22. The van der Waals surface area contributed by atoms with E-state index in [1.54, 1.807) is 6.33 Å². The highest BCUT2D eigenvalue weighted by Gasteiger charge is 2.00. The normalized spacial score (nSPS) is 11.5. The van der Waals surface area contributed by atoms with Crippen molar-refractivity contribution in [1.29, 1.82) is 0 Å². The molecule has 0 saturated heterocycles. The summed E-state index contributed by atoms with van der Waals surface area (Å²) in [6.07, 6.45) is 3.60. The van der Waals surface area contributed by atoms with E-state index in [0.29, 0.717) is 0 Å². The van der Waals surface area contributed by atoms with Gasteiger partial charge in [0, 0.05) is 31.5 Å². The summed E-state index contributed by atoms with van der Waals surface area (Å²) in [5, 5.41) is 3.43. The van der Waals surface area contributed by atoms with Crippen molar-refractivity contribution in [2.24, 2.45) is 5.92 Å². The summed E-state index contributed by atoms with van der Waals surface area (Å²) in [4.78, 5) is 9.38. The Morgan fingerprint density at radius 3 is 2.93 bits per heavy atom. The molecule has 0 bridgehead atoms. The Hall–Kier alpha value is -0.870. The van der Waals surface area contributed by atoms with Gasteiger partial charge in [0.2, 0.25) is 0 Å². The summed E-state index contributed by atoms with van der Waals surface area (Å²) in [5.74, 6) is 0.725. The number of nitrogens with one attached hydrogen (secondary N) is 2. The smallest absolute Gasteiger partial charge is 0.0922 e. The van der Waals surface area contributed by atoms with E-state index in [9.17, 15) is 0 Å². The lowest BCUT2D eigenvalue weighted by Crippen LogP contribution is -2.30. The Balaban J connectivity index is 2.06. The van der Waals surface area contributed by atoms with E-state index in [2.05, 4.69) is 41.1 Å². The van der Waals surface area contributed by atoms with E-state index in [0.717, 1.165) is 32.1 Å². The maximum Gasteiger partial charge on any atom is 0.0922 e. The first-order chi connectivity index (χ1) is 7.18. The van der Waals surface area contributed by atoms with Crippen LogP contribution < -0.4 is 5.32 Å². The van der Waals surface area contributed by atoms with Crippen LogP contribution in [-0.2, 0) is 6.54 Å². The Kier molecular flexibility index (Phi) is 5.36. The van der Waals surface area contributed by atoms with E-state index in [-0.39, 0.29) is 0 Å². The second-order valence-corrected chi connectivity index (χ2v) is 4.41. The lowest BCUT2D eigenvalue weighted by Gasteiger charge is -2.16. The number of rotatable bonds is 7. The van der Waals surface area contributed by atoms with Gasteiger partial charge in [0.15, 0.2) is 0 Å². The Morgan fingerprint density at radius 2 is 2.33 bits per heavy atom. The minimum atomic E-state index is 0.725. The van der Waals surface area contributed by atoms with Crippen molar-refractivity contribution >= 4 is 0 Å². The number of aromatic amines is 1. The van der Waals surface area contributed by atoms with Crippen LogP contribution in [0.5, 0.6) is 0 Å². The highest BCUT2D eigenvalue weighted by atomic mass is 15.1. The molecule has 1 rings (SSSR count). The zero-order valence-electron chi connectivity index (χ0n) is 9.95. The SMILES string of the molecule is CC(C)CNCCN(C)Cc1cnc[nH]1. The predicted octanol–water partition coefficient (Wildman–Crippen LogP) is 1.09. The minimum Gasteiger partial charge on any atom is -0.347 e. The fraction of sp³-hybridized carbons (Fsp3) is 0.727. The number of nitrogens with zero attached hydrogens (tertiary/aromatic N) is 2. The Bertz CT molecular complexity index is 243. The average Bonchev–Trinajstić information content (AvgIpc) is 2.64. The number of aromatic nitrogens is 2. The van der Waals surface area contributed by atoms with Crippen LogP contribution in [0.25, 0.3) is 0 Å². The molecule has 0 amide bonds. The predicted molar refractivity (Wildman–Crippen MR) is 62.6 cm³/mol. The lowest BCUT2D eigenvalue weighted by molar-refractivity contribution is 0.318. The van der Waals surface area contributed by atoms with Crippen molar-refractivity contribution in [2.45, 2.75) is 20.4 Å². The number of H-pyrrole nitrogens is 1. The van der Waals surface area contributed by atoms with Gasteiger partial charge in [-0.3, -0.25) is 4.90 Å². The fourth-order valence-electron chi connectivity index (χ4n) is 1.40. The van der Waals surface area contributed by atoms with E-state index >= 15 is 0 Å². The maximum atomic E-state index is 4.00. The molecule has 1 heterocycles. The molecule has 4 heteroatoms. The summed E-state index contributed by atoms with van der Waals surface area (Å²) in [5.41, 5.74) is 1.17. The van der Waals surface area contributed by atoms with Crippen LogP contribution in [0.3, 0.4) is 0 Å². The molecule has 0 aliphatic rings. The lowest BCUT2D eigenvalue weighted by atomic mass is 10.2. The van der Waals surface area contributed by atoms with Gasteiger partial charge in [-0.1, -0.05) is 13.8 Å². The van der Waals surface area contributed by atoms with Gasteiger partial charge in [-0.2, -0.15) is 0 Å². The first kappa shape index (κ1) is 12.2. The topological polar surface area (TPSA) is 44.0 Å². The third-order valence-corrected chi connectivity index (χ3v) is 2.22. The van der Waals surface area contributed by atoms with Gasteiger partial charge in [0.05, 0.1) is 6.33 Å². The Morgan fingerprint density at radius 1 is 1.53 bits per heavy atom. The van der Waals surface area contributed by atoms with E-state index in [1.807, 2.05) is 6.20 Å². The molecule has 0 atom stereocenters. The molecule has 2 N–H and O–H groups in total. The zero-order chi connectivity index (χ0) is 11.1. The molecule has 0 aromatic carbocycles. The van der Waals surface area contributed by atoms with Crippen LogP contribution in [0.4, 0.5) is 0 Å². The van der Waals surface area contributed by atoms with E-state index in [1.165, 1.54) is 5.69 Å². The molecule has 0 spiro atoms. The van der Waals surface area contributed by atoms with Crippen molar-refractivity contribution in [1.82, 2.24) is 20.2 Å². The molecule has 15 heavy (non-hydrogen) atoms. The highest BCUT2D eigenvalue weighted by molar-refractivity contribution is 4.93. The van der Waals surface area contributed by atoms with Gasteiger partial charge in [-0.15, -0.1) is 0 Å². The molecule has 1 aromatic rings. The molecule has 0 saturated carbocycles. The quantitative estimate of drug-likeness (QED) is 0.662. The van der Waals surface area contributed by atoms with Gasteiger partial charge in [-0.25, -0.2) is 4.98 Å². The second-order valence-electron chi connectivity index (χ2n) is 4.41. The summed E-state index contributed by atoms with van der Waals surface area (Å²) in [6.45, 7) is 8.58. The summed E-state index contributed by atoms with van der Waals surface area (Å²) < 4.78 is 0. The fourth-order valence-corrected chi connectivity index (χ4v) is 1.40. The van der Waals surface area contributed by atoms with Gasteiger partial charge in [0.25, 0.3) is 0 Å². The number of imidazole rings is 1.